The van der Waals surface area contributed by atoms with Gasteiger partial charge in [0.15, 0.2) is 5.78 Å². The third-order valence-corrected chi connectivity index (χ3v) is 3.90. The molecule has 102 valence electrons. The van der Waals surface area contributed by atoms with Crippen molar-refractivity contribution in [2.45, 2.75) is 18.8 Å². The molecule has 0 fully saturated rings. The van der Waals surface area contributed by atoms with Gasteiger partial charge in [-0.05, 0) is 48.1 Å². The number of carbonyl (C=O) groups excluding carboxylic acids is 1. The van der Waals surface area contributed by atoms with Crippen LogP contribution in [0.3, 0.4) is 0 Å². The van der Waals surface area contributed by atoms with Crippen LogP contribution in [0.1, 0.15) is 39.4 Å². The fourth-order valence-electron chi connectivity index (χ4n) is 2.95. The van der Waals surface area contributed by atoms with Gasteiger partial charge in [0.2, 0.25) is 0 Å². The van der Waals surface area contributed by atoms with E-state index < -0.39 is 0 Å². The normalized spacial score (nSPS) is 17.3. The van der Waals surface area contributed by atoms with Gasteiger partial charge >= 0.3 is 0 Å². The zero-order valence-corrected chi connectivity index (χ0v) is 11.0. The minimum atomic E-state index is -0.328. The van der Waals surface area contributed by atoms with Crippen LogP contribution in [0.2, 0.25) is 0 Å². The highest BCUT2D eigenvalue weighted by Gasteiger charge is 2.26. The molecule has 0 aliphatic heterocycles. The predicted octanol–water partition coefficient (Wildman–Crippen LogP) is 3.08. The maximum atomic E-state index is 13.4. The monoisotopic (exact) mass is 270 g/mol. The summed E-state index contributed by atoms with van der Waals surface area (Å²) >= 11 is 0. The number of aliphatic hydroxyl groups is 1. The Kier molecular flexibility index (Phi) is 3.36. The first-order chi connectivity index (χ1) is 9.70. The molecular weight excluding hydrogens is 255 g/mol. The zero-order chi connectivity index (χ0) is 14.1. The van der Waals surface area contributed by atoms with Gasteiger partial charge in [-0.15, -0.1) is 0 Å². The molecule has 1 aliphatic rings. The SMILES string of the molecule is O=C1c2ccc(F)cc2C[C@H](CCO)c2ccccc21. The molecule has 0 radical (unpaired) electrons. The number of hydrogen-bond donors (Lipinski definition) is 1. The zero-order valence-electron chi connectivity index (χ0n) is 11.0. The molecule has 0 unspecified atom stereocenters. The molecule has 3 heteroatoms. The van der Waals surface area contributed by atoms with E-state index in [1.165, 1.54) is 12.1 Å². The molecule has 3 rings (SSSR count). The molecule has 0 saturated heterocycles. The van der Waals surface area contributed by atoms with Crippen molar-refractivity contribution in [2.75, 3.05) is 6.61 Å². The van der Waals surface area contributed by atoms with E-state index in [2.05, 4.69) is 0 Å². The van der Waals surface area contributed by atoms with E-state index in [-0.39, 0.29) is 24.1 Å². The highest BCUT2D eigenvalue weighted by atomic mass is 19.1. The molecule has 20 heavy (non-hydrogen) atoms. The van der Waals surface area contributed by atoms with Crippen LogP contribution >= 0.6 is 0 Å². The minimum absolute atomic E-state index is 0.0446. The van der Waals surface area contributed by atoms with Gasteiger partial charge in [-0.25, -0.2) is 4.39 Å². The lowest BCUT2D eigenvalue weighted by atomic mass is 9.89. The summed E-state index contributed by atoms with van der Waals surface area (Å²) in [7, 11) is 0. The number of rotatable bonds is 2. The Balaban J connectivity index is 2.19. The second kappa shape index (κ2) is 5.17. The highest BCUT2D eigenvalue weighted by Crippen LogP contribution is 2.34. The smallest absolute Gasteiger partial charge is 0.193 e. The van der Waals surface area contributed by atoms with Gasteiger partial charge in [-0.3, -0.25) is 4.79 Å². The lowest BCUT2D eigenvalue weighted by Gasteiger charge is -2.16. The van der Waals surface area contributed by atoms with E-state index in [0.29, 0.717) is 24.0 Å². The summed E-state index contributed by atoms with van der Waals surface area (Å²) in [6, 6.07) is 11.8. The molecule has 1 N–H and O–H groups in total. The number of fused-ring (bicyclic) bond motifs is 2. The second-order valence-corrected chi connectivity index (χ2v) is 5.13. The molecule has 0 spiro atoms. The van der Waals surface area contributed by atoms with Crippen molar-refractivity contribution in [1.29, 1.82) is 0 Å². The highest BCUT2D eigenvalue weighted by molar-refractivity contribution is 6.11. The minimum Gasteiger partial charge on any atom is -0.396 e. The maximum absolute atomic E-state index is 13.4. The topological polar surface area (TPSA) is 37.3 Å². The standard InChI is InChI=1S/C17H15FO2/c18-13-5-6-15-12(10-13)9-11(7-8-19)14-3-1-2-4-16(14)17(15)20/h1-6,10-11,19H,7-9H2/t11-/m0/s1. The van der Waals surface area contributed by atoms with Crippen molar-refractivity contribution in [2.24, 2.45) is 0 Å². The van der Waals surface area contributed by atoms with E-state index in [1.54, 1.807) is 12.1 Å². The van der Waals surface area contributed by atoms with Crippen LogP contribution in [0.25, 0.3) is 0 Å². The van der Waals surface area contributed by atoms with Crippen molar-refractivity contribution in [1.82, 2.24) is 0 Å². The third kappa shape index (κ3) is 2.14. The summed E-state index contributed by atoms with van der Waals surface area (Å²) in [6.07, 6.45) is 1.15. The van der Waals surface area contributed by atoms with Crippen molar-refractivity contribution in [3.05, 3.63) is 70.5 Å². The average molecular weight is 270 g/mol. The molecule has 1 aliphatic carbocycles. The molecule has 0 bridgehead atoms. The second-order valence-electron chi connectivity index (χ2n) is 5.13. The molecule has 2 aromatic carbocycles. The summed E-state index contributed by atoms with van der Waals surface area (Å²) < 4.78 is 13.4. The van der Waals surface area contributed by atoms with Gasteiger partial charge in [0.25, 0.3) is 0 Å². The molecule has 2 nitrogen and oxygen atoms in total. The Bertz CT molecular complexity index is 664. The van der Waals surface area contributed by atoms with E-state index in [4.69, 9.17) is 0 Å². The van der Waals surface area contributed by atoms with Gasteiger partial charge in [0.1, 0.15) is 5.82 Å². The number of hydrogen-bond acceptors (Lipinski definition) is 2. The first-order valence-corrected chi connectivity index (χ1v) is 6.73. The molecule has 2 aromatic rings. The number of benzene rings is 2. The van der Waals surface area contributed by atoms with Crippen LogP contribution in [0, 0.1) is 5.82 Å². The summed E-state index contributed by atoms with van der Waals surface area (Å²) in [5.41, 5.74) is 2.91. The first-order valence-electron chi connectivity index (χ1n) is 6.73. The molecule has 0 saturated carbocycles. The Morgan fingerprint density at radius 2 is 1.95 bits per heavy atom. The van der Waals surface area contributed by atoms with Gasteiger partial charge in [0.05, 0.1) is 0 Å². The number of ketones is 1. The molecular formula is C17H15FO2. The van der Waals surface area contributed by atoms with Crippen LogP contribution in [0.4, 0.5) is 4.39 Å². The fourth-order valence-corrected chi connectivity index (χ4v) is 2.95. The lowest BCUT2D eigenvalue weighted by molar-refractivity contribution is 0.103. The number of halogens is 1. The quantitative estimate of drug-likeness (QED) is 0.910. The van der Waals surface area contributed by atoms with Crippen LogP contribution in [-0.2, 0) is 6.42 Å². The van der Waals surface area contributed by atoms with Crippen molar-refractivity contribution in [3.8, 4) is 0 Å². The van der Waals surface area contributed by atoms with Crippen molar-refractivity contribution < 1.29 is 14.3 Å². The molecule has 0 heterocycles. The predicted molar refractivity (Wildman–Crippen MR) is 74.4 cm³/mol. The van der Waals surface area contributed by atoms with Crippen molar-refractivity contribution >= 4 is 5.78 Å². The maximum Gasteiger partial charge on any atom is 0.193 e. The van der Waals surface area contributed by atoms with Gasteiger partial charge in [-0.1, -0.05) is 24.3 Å². The summed E-state index contributed by atoms with van der Waals surface area (Å²) in [4.78, 5) is 12.6. The molecule has 1 atom stereocenters. The van der Waals surface area contributed by atoms with Crippen molar-refractivity contribution in [3.63, 3.8) is 0 Å². The largest absolute Gasteiger partial charge is 0.396 e. The average Bonchev–Trinajstić information content (AvgIpc) is 2.56. The Labute approximate surface area is 116 Å². The Hall–Kier alpha value is -2.00. The summed E-state index contributed by atoms with van der Waals surface area (Å²) in [5.74, 6) is -0.343. The first kappa shape index (κ1) is 13.0. The van der Waals surface area contributed by atoms with E-state index >= 15 is 0 Å². The molecule has 0 amide bonds. The Morgan fingerprint density at radius 3 is 2.75 bits per heavy atom. The van der Waals surface area contributed by atoms with Gasteiger partial charge in [-0.2, -0.15) is 0 Å². The van der Waals surface area contributed by atoms with Crippen LogP contribution in [0.15, 0.2) is 42.5 Å². The van der Waals surface area contributed by atoms with Gasteiger partial charge in [0, 0.05) is 17.7 Å². The van der Waals surface area contributed by atoms with Crippen LogP contribution < -0.4 is 0 Å². The van der Waals surface area contributed by atoms with E-state index in [1.807, 2.05) is 18.2 Å². The van der Waals surface area contributed by atoms with Crippen LogP contribution in [0.5, 0.6) is 0 Å². The number of aliphatic hydroxyl groups excluding tert-OH is 1. The third-order valence-electron chi connectivity index (χ3n) is 3.90. The summed E-state index contributed by atoms with van der Waals surface area (Å²) in [6.45, 7) is 0.0534. The Morgan fingerprint density at radius 1 is 1.15 bits per heavy atom. The summed E-state index contributed by atoms with van der Waals surface area (Å²) in [5, 5.41) is 9.25. The van der Waals surface area contributed by atoms with E-state index in [9.17, 15) is 14.3 Å². The number of carbonyl (C=O) groups is 1. The lowest BCUT2D eigenvalue weighted by Crippen LogP contribution is -2.06. The van der Waals surface area contributed by atoms with E-state index in [0.717, 1.165) is 11.1 Å². The van der Waals surface area contributed by atoms with Crippen LogP contribution in [-0.4, -0.2) is 17.5 Å². The van der Waals surface area contributed by atoms with Gasteiger partial charge < -0.3 is 5.11 Å². The molecule has 0 aromatic heterocycles. The fraction of sp³-hybridized carbons (Fsp3) is 0.235.